The van der Waals surface area contributed by atoms with Crippen molar-refractivity contribution in [3.63, 3.8) is 0 Å². The van der Waals surface area contributed by atoms with Gasteiger partial charge in [0.1, 0.15) is 0 Å². The topological polar surface area (TPSA) is 40.5 Å². The number of allylic oxidation sites excluding steroid dienone is 3. The summed E-state index contributed by atoms with van der Waals surface area (Å²) in [6.45, 7) is 3.79. The second kappa shape index (κ2) is 9.52. The smallest absolute Gasteiger partial charge is 0.0811 e. The van der Waals surface area contributed by atoms with Gasteiger partial charge in [0.05, 0.1) is 12.2 Å². The Labute approximate surface area is 187 Å². The molecule has 0 aromatic rings. The average Bonchev–Trinajstić information content (AvgIpc) is 3.08. The molecule has 0 heterocycles. The lowest BCUT2D eigenvalue weighted by Gasteiger charge is -2.44. The van der Waals surface area contributed by atoms with E-state index in [2.05, 4.69) is 32.6 Å². The van der Waals surface area contributed by atoms with Crippen LogP contribution in [-0.4, -0.2) is 22.4 Å². The van der Waals surface area contributed by atoms with Gasteiger partial charge in [-0.25, -0.2) is 0 Å². The van der Waals surface area contributed by atoms with E-state index in [-0.39, 0.29) is 11.8 Å². The van der Waals surface area contributed by atoms with Crippen molar-refractivity contribution in [2.45, 2.75) is 104 Å². The Bertz CT molecular complexity index is 813. The van der Waals surface area contributed by atoms with Gasteiger partial charge in [-0.05, 0) is 78.8 Å². The molecule has 164 valence electrons. The van der Waals surface area contributed by atoms with E-state index in [9.17, 15) is 10.2 Å². The maximum absolute atomic E-state index is 10.2. The summed E-state index contributed by atoms with van der Waals surface area (Å²) in [5.41, 5.74) is 3.30. The predicted molar refractivity (Wildman–Crippen MR) is 123 cm³/mol. The molecule has 2 nitrogen and oxygen atoms in total. The molecule has 3 fully saturated rings. The highest BCUT2D eigenvalue weighted by atomic mass is 16.3. The summed E-state index contributed by atoms with van der Waals surface area (Å²) in [5, 5.41) is 20.2. The van der Waals surface area contributed by atoms with Crippen molar-refractivity contribution in [2.24, 2.45) is 29.1 Å². The molecule has 0 radical (unpaired) electrons. The predicted octanol–water partition coefficient (Wildman–Crippen LogP) is 6.59. The van der Waals surface area contributed by atoms with E-state index < -0.39 is 31.8 Å². The van der Waals surface area contributed by atoms with E-state index in [4.69, 9.17) is 8.22 Å². The first-order valence-corrected chi connectivity index (χ1v) is 11.6. The monoisotopic (exact) mass is 406 g/mol. The highest BCUT2D eigenvalue weighted by Gasteiger charge is 2.50. The van der Waals surface area contributed by atoms with Crippen LogP contribution >= 0.6 is 0 Å². The molecule has 6 atom stereocenters. The van der Waals surface area contributed by atoms with Crippen LogP contribution < -0.4 is 0 Å². The van der Waals surface area contributed by atoms with Crippen LogP contribution in [0.4, 0.5) is 0 Å². The molecule has 0 aliphatic heterocycles. The van der Waals surface area contributed by atoms with Crippen molar-refractivity contribution in [2.75, 3.05) is 0 Å². The number of fused-ring (bicyclic) bond motifs is 1. The van der Waals surface area contributed by atoms with Crippen molar-refractivity contribution in [3.8, 4) is 0 Å². The first-order valence-electron chi connectivity index (χ1n) is 14.6. The van der Waals surface area contributed by atoms with Crippen molar-refractivity contribution in [1.29, 1.82) is 0 Å². The largest absolute Gasteiger partial charge is 0.393 e. The van der Waals surface area contributed by atoms with Crippen LogP contribution in [-0.2, 0) is 0 Å². The lowest BCUT2D eigenvalue weighted by Crippen LogP contribution is -2.36. The van der Waals surface area contributed by atoms with Gasteiger partial charge in [-0.15, -0.1) is 0 Å². The summed E-state index contributed by atoms with van der Waals surface area (Å²) in [6.07, 6.45) is 11.3. The van der Waals surface area contributed by atoms with Crippen LogP contribution in [0.1, 0.15) is 100.0 Å². The van der Waals surface area contributed by atoms with Crippen LogP contribution in [0.25, 0.3) is 0 Å². The molecule has 0 aromatic carbocycles. The molecule has 29 heavy (non-hydrogen) atoms. The van der Waals surface area contributed by atoms with Crippen LogP contribution in [0.3, 0.4) is 0 Å². The molecule has 0 aromatic heterocycles. The molecule has 0 bridgehead atoms. The maximum Gasteiger partial charge on any atom is 0.0811 e. The number of hydrogen-bond acceptors (Lipinski definition) is 2. The molecule has 0 saturated heterocycles. The van der Waals surface area contributed by atoms with E-state index in [1.165, 1.54) is 12.0 Å². The summed E-state index contributed by atoms with van der Waals surface area (Å²) < 4.78 is 45.9. The van der Waals surface area contributed by atoms with Gasteiger partial charge in [-0.2, -0.15) is 0 Å². The highest BCUT2D eigenvalue weighted by Crippen LogP contribution is 2.59. The van der Waals surface area contributed by atoms with Crippen LogP contribution in [0.2, 0.25) is 0 Å². The van der Waals surface area contributed by atoms with E-state index in [1.54, 1.807) is 0 Å². The summed E-state index contributed by atoms with van der Waals surface area (Å²) in [4.78, 5) is 0. The summed E-state index contributed by atoms with van der Waals surface area (Å²) in [7, 11) is 0. The Morgan fingerprint density at radius 2 is 2.03 bits per heavy atom. The summed E-state index contributed by atoms with van der Waals surface area (Å²) in [5.74, 6) is 0.207. The third kappa shape index (κ3) is 5.07. The minimum absolute atomic E-state index is 0.193. The van der Waals surface area contributed by atoms with Crippen LogP contribution in [0.15, 0.2) is 35.5 Å². The van der Waals surface area contributed by atoms with E-state index >= 15 is 0 Å². The van der Waals surface area contributed by atoms with Gasteiger partial charge in [0.2, 0.25) is 0 Å². The fourth-order valence-corrected chi connectivity index (χ4v) is 6.52. The van der Waals surface area contributed by atoms with Gasteiger partial charge >= 0.3 is 0 Å². The minimum atomic E-state index is -2.45. The van der Waals surface area contributed by atoms with Gasteiger partial charge < -0.3 is 10.2 Å². The first kappa shape index (κ1) is 15.9. The molecular weight excluding hydrogens is 356 g/mol. The van der Waals surface area contributed by atoms with Gasteiger partial charge in [-0.1, -0.05) is 71.1 Å². The van der Waals surface area contributed by atoms with Crippen molar-refractivity contribution < 1.29 is 18.4 Å². The van der Waals surface area contributed by atoms with Crippen molar-refractivity contribution in [3.05, 3.63) is 35.5 Å². The third-order valence-corrected chi connectivity index (χ3v) is 8.14. The zero-order valence-electron chi connectivity index (χ0n) is 24.3. The van der Waals surface area contributed by atoms with E-state index in [1.807, 2.05) is 0 Å². The average molecular weight is 407 g/mol. The molecule has 3 saturated carbocycles. The first-order chi connectivity index (χ1) is 16.1. The summed E-state index contributed by atoms with van der Waals surface area (Å²) in [6, 6.07) is 0. The molecule has 3 aliphatic carbocycles. The SMILES string of the molecule is [2H]C([2H])([2H])C(CCC[C@@H](C)[C@H]1CC[C@H]2/C(=C/C=C3/C[C@@H](O)C[C@H](O)C3=C)CCC[C@]12C)C([2H])([2H])[2H]. The number of rotatable bonds is 6. The second-order valence-electron chi connectivity index (χ2n) is 10.1. The molecule has 2 heteroatoms. The Hall–Kier alpha value is -0.860. The Morgan fingerprint density at radius 1 is 1.24 bits per heavy atom. The third-order valence-electron chi connectivity index (χ3n) is 8.14. The number of aliphatic hydroxyl groups excluding tert-OH is 2. The molecular formula is C27H44O2. The number of hydrogen-bond donors (Lipinski definition) is 2. The molecule has 0 spiro atoms. The zero-order valence-corrected chi connectivity index (χ0v) is 18.3. The molecule has 3 aliphatic rings. The standard InChI is InChI=1S/C27H44O2/c1-18(2)8-6-9-19(3)24-13-14-25-21(10-7-15-27(24,25)5)11-12-22-16-23(28)17-26(29)20(22)4/h11-12,18-19,23-26,28-29H,4,6-10,13-17H2,1-3,5H3/b21-11+,22-12-/t19-,23-,24-,25+,26+,27-/m1/s1/i1D3,2D3. The Morgan fingerprint density at radius 3 is 2.79 bits per heavy atom. The van der Waals surface area contributed by atoms with Gasteiger partial charge in [0.15, 0.2) is 0 Å². The summed E-state index contributed by atoms with van der Waals surface area (Å²) >= 11 is 0. The van der Waals surface area contributed by atoms with Gasteiger partial charge in [-0.3, -0.25) is 0 Å². The number of aliphatic hydroxyl groups is 2. The lowest BCUT2D eigenvalue weighted by atomic mass is 9.60. The van der Waals surface area contributed by atoms with Crippen molar-refractivity contribution in [1.82, 2.24) is 0 Å². The van der Waals surface area contributed by atoms with E-state index in [0.717, 1.165) is 43.3 Å². The van der Waals surface area contributed by atoms with Crippen LogP contribution in [0, 0.1) is 29.1 Å². The quantitative estimate of drug-likeness (QED) is 0.522. The molecule has 0 unspecified atom stereocenters. The maximum atomic E-state index is 10.2. The van der Waals surface area contributed by atoms with E-state index in [0.29, 0.717) is 37.0 Å². The van der Waals surface area contributed by atoms with Crippen LogP contribution in [0.5, 0.6) is 0 Å². The molecule has 0 amide bonds. The fraction of sp³-hybridized carbons (Fsp3) is 0.778. The molecule has 2 N–H and O–H groups in total. The Kier molecular flexibility index (Phi) is 5.21. The fourth-order valence-electron chi connectivity index (χ4n) is 6.52. The van der Waals surface area contributed by atoms with Crippen molar-refractivity contribution >= 4 is 0 Å². The molecule has 3 rings (SSSR count). The zero-order chi connectivity index (χ0) is 26.2. The van der Waals surface area contributed by atoms with Gasteiger partial charge in [0.25, 0.3) is 0 Å². The normalized spacial score (nSPS) is 43.3. The lowest BCUT2D eigenvalue weighted by molar-refractivity contribution is 0.0861. The second-order valence-corrected chi connectivity index (χ2v) is 10.1. The minimum Gasteiger partial charge on any atom is -0.393 e. The Balaban J connectivity index is 1.67. The highest BCUT2D eigenvalue weighted by molar-refractivity contribution is 5.38. The van der Waals surface area contributed by atoms with Gasteiger partial charge in [0, 0.05) is 14.6 Å².